The minimum Gasteiger partial charge on any atom is -0.456 e. The van der Waals surface area contributed by atoms with Crippen molar-refractivity contribution in [3.63, 3.8) is 0 Å². The molecule has 2 heteroatoms. The zero-order valence-corrected chi connectivity index (χ0v) is 15.7. The zero-order chi connectivity index (χ0) is 19.2. The summed E-state index contributed by atoms with van der Waals surface area (Å²) < 4.78 is 6.24. The maximum atomic E-state index is 6.24. The molecule has 0 bridgehead atoms. The molecule has 6 aromatic rings. The monoisotopic (exact) mass is 371 g/mol. The largest absolute Gasteiger partial charge is 0.456 e. The second-order valence-electron chi connectivity index (χ2n) is 7.27. The lowest BCUT2D eigenvalue weighted by atomic mass is 9.98. The standard InChI is InChI=1S/C27H17NO/c1-2-7-18(8-3-1)22-11-6-12-25-27(22)23-14-13-20(16-26(23)29-25)24-15-19-9-4-5-10-21(19)17-28-24/h1-17H. The number of rotatable bonds is 2. The van der Waals surface area contributed by atoms with Gasteiger partial charge in [0.25, 0.3) is 0 Å². The minimum atomic E-state index is 0.885. The Balaban J connectivity index is 1.56. The van der Waals surface area contributed by atoms with Crippen LogP contribution in [0.3, 0.4) is 0 Å². The van der Waals surface area contributed by atoms with Crippen LogP contribution < -0.4 is 0 Å². The Bertz CT molecular complexity index is 1500. The number of pyridine rings is 1. The van der Waals surface area contributed by atoms with Gasteiger partial charge in [-0.1, -0.05) is 72.8 Å². The fraction of sp³-hybridized carbons (Fsp3) is 0. The molecule has 0 aliphatic heterocycles. The Morgan fingerprint density at radius 1 is 0.586 bits per heavy atom. The van der Waals surface area contributed by atoms with Crippen molar-refractivity contribution in [1.29, 1.82) is 0 Å². The average molecular weight is 371 g/mol. The van der Waals surface area contributed by atoms with Gasteiger partial charge in [0.05, 0.1) is 5.69 Å². The summed E-state index contributed by atoms with van der Waals surface area (Å²) >= 11 is 0. The van der Waals surface area contributed by atoms with E-state index in [0.717, 1.165) is 38.6 Å². The van der Waals surface area contributed by atoms with Crippen molar-refractivity contribution >= 4 is 32.7 Å². The van der Waals surface area contributed by atoms with Crippen LogP contribution in [0.4, 0.5) is 0 Å². The van der Waals surface area contributed by atoms with E-state index in [-0.39, 0.29) is 0 Å². The van der Waals surface area contributed by atoms with Crippen molar-refractivity contribution in [2.75, 3.05) is 0 Å². The van der Waals surface area contributed by atoms with Gasteiger partial charge in [-0.2, -0.15) is 0 Å². The lowest BCUT2D eigenvalue weighted by molar-refractivity contribution is 0.669. The summed E-state index contributed by atoms with van der Waals surface area (Å²) in [5, 5.41) is 4.62. The van der Waals surface area contributed by atoms with Gasteiger partial charge in [0, 0.05) is 27.9 Å². The molecular weight excluding hydrogens is 354 g/mol. The first-order valence-electron chi connectivity index (χ1n) is 9.73. The summed E-state index contributed by atoms with van der Waals surface area (Å²) in [6.07, 6.45) is 1.93. The van der Waals surface area contributed by atoms with E-state index >= 15 is 0 Å². The highest BCUT2D eigenvalue weighted by Gasteiger charge is 2.13. The van der Waals surface area contributed by atoms with E-state index in [1.54, 1.807) is 0 Å². The van der Waals surface area contributed by atoms with Gasteiger partial charge < -0.3 is 4.42 Å². The molecule has 0 unspecified atom stereocenters. The molecule has 0 spiro atoms. The fourth-order valence-electron chi connectivity index (χ4n) is 4.08. The molecule has 0 saturated carbocycles. The van der Waals surface area contributed by atoms with Gasteiger partial charge in [-0.25, -0.2) is 0 Å². The second kappa shape index (κ2) is 6.32. The maximum Gasteiger partial charge on any atom is 0.136 e. The topological polar surface area (TPSA) is 26.0 Å². The molecule has 4 aromatic carbocycles. The number of nitrogens with zero attached hydrogens (tertiary/aromatic N) is 1. The highest BCUT2D eigenvalue weighted by atomic mass is 16.3. The minimum absolute atomic E-state index is 0.885. The quantitative estimate of drug-likeness (QED) is 0.315. The van der Waals surface area contributed by atoms with Crippen LogP contribution in [0.5, 0.6) is 0 Å². The number of benzene rings is 4. The third-order valence-corrected chi connectivity index (χ3v) is 5.51. The molecule has 0 N–H and O–H groups in total. The summed E-state index contributed by atoms with van der Waals surface area (Å²) in [5.74, 6) is 0. The van der Waals surface area contributed by atoms with Crippen LogP contribution in [0.1, 0.15) is 0 Å². The number of hydrogen-bond donors (Lipinski definition) is 0. The first kappa shape index (κ1) is 16.1. The predicted molar refractivity (Wildman–Crippen MR) is 120 cm³/mol. The molecule has 29 heavy (non-hydrogen) atoms. The first-order valence-corrected chi connectivity index (χ1v) is 9.73. The summed E-state index contributed by atoms with van der Waals surface area (Å²) in [7, 11) is 0. The van der Waals surface area contributed by atoms with Gasteiger partial charge in [0.2, 0.25) is 0 Å². The van der Waals surface area contributed by atoms with Gasteiger partial charge in [0.1, 0.15) is 11.2 Å². The van der Waals surface area contributed by atoms with E-state index in [2.05, 4.69) is 83.8 Å². The predicted octanol–water partition coefficient (Wildman–Crippen LogP) is 7.47. The summed E-state index contributed by atoms with van der Waals surface area (Å²) in [5.41, 5.74) is 6.19. The zero-order valence-electron chi connectivity index (χ0n) is 15.7. The smallest absolute Gasteiger partial charge is 0.136 e. The molecule has 2 aromatic heterocycles. The van der Waals surface area contributed by atoms with Crippen LogP contribution >= 0.6 is 0 Å². The Morgan fingerprint density at radius 2 is 1.41 bits per heavy atom. The van der Waals surface area contributed by atoms with Gasteiger partial charge in [-0.15, -0.1) is 0 Å². The van der Waals surface area contributed by atoms with E-state index < -0.39 is 0 Å². The second-order valence-corrected chi connectivity index (χ2v) is 7.27. The normalized spacial score (nSPS) is 11.4. The Kier molecular flexibility index (Phi) is 3.50. The van der Waals surface area contributed by atoms with Crippen LogP contribution in [-0.4, -0.2) is 4.98 Å². The van der Waals surface area contributed by atoms with Crippen molar-refractivity contribution in [2.45, 2.75) is 0 Å². The molecule has 6 rings (SSSR count). The molecule has 2 heterocycles. The molecule has 0 saturated heterocycles. The molecule has 136 valence electrons. The van der Waals surface area contributed by atoms with Crippen LogP contribution in [0, 0.1) is 0 Å². The van der Waals surface area contributed by atoms with Gasteiger partial charge in [0.15, 0.2) is 0 Å². The number of fused-ring (bicyclic) bond motifs is 4. The molecule has 0 aliphatic carbocycles. The van der Waals surface area contributed by atoms with E-state index in [0.29, 0.717) is 0 Å². The van der Waals surface area contributed by atoms with Crippen LogP contribution in [-0.2, 0) is 0 Å². The van der Waals surface area contributed by atoms with E-state index in [9.17, 15) is 0 Å². The SMILES string of the molecule is c1ccc(-c2cccc3oc4cc(-c5cc6ccccc6cn5)ccc4c23)cc1. The van der Waals surface area contributed by atoms with Crippen LogP contribution in [0.2, 0.25) is 0 Å². The Hall–Kier alpha value is -3.91. The molecule has 0 radical (unpaired) electrons. The highest BCUT2D eigenvalue weighted by Crippen LogP contribution is 2.38. The Labute approximate surface area is 168 Å². The number of aromatic nitrogens is 1. The number of hydrogen-bond acceptors (Lipinski definition) is 2. The van der Waals surface area contributed by atoms with Crippen LogP contribution in [0.15, 0.2) is 108 Å². The van der Waals surface area contributed by atoms with Gasteiger partial charge in [-0.05, 0) is 40.8 Å². The van der Waals surface area contributed by atoms with Crippen molar-refractivity contribution < 1.29 is 4.42 Å². The first-order chi connectivity index (χ1) is 14.4. The lowest BCUT2D eigenvalue weighted by Gasteiger charge is -2.04. The van der Waals surface area contributed by atoms with Gasteiger partial charge in [-0.3, -0.25) is 4.98 Å². The Morgan fingerprint density at radius 3 is 2.31 bits per heavy atom. The maximum absolute atomic E-state index is 6.24. The molecule has 0 amide bonds. The third kappa shape index (κ3) is 2.61. The van der Waals surface area contributed by atoms with Crippen molar-refractivity contribution in [1.82, 2.24) is 4.98 Å². The van der Waals surface area contributed by atoms with Crippen molar-refractivity contribution in [2.24, 2.45) is 0 Å². The highest BCUT2D eigenvalue weighted by molar-refractivity contribution is 6.13. The lowest BCUT2D eigenvalue weighted by Crippen LogP contribution is -1.84. The number of furan rings is 1. The van der Waals surface area contributed by atoms with E-state index in [1.807, 2.05) is 24.4 Å². The van der Waals surface area contributed by atoms with Gasteiger partial charge >= 0.3 is 0 Å². The third-order valence-electron chi connectivity index (χ3n) is 5.51. The molecule has 0 atom stereocenters. The van der Waals surface area contributed by atoms with E-state index in [1.165, 1.54) is 16.5 Å². The summed E-state index contributed by atoms with van der Waals surface area (Å²) in [6, 6.07) is 33.5. The summed E-state index contributed by atoms with van der Waals surface area (Å²) in [6.45, 7) is 0. The summed E-state index contributed by atoms with van der Waals surface area (Å²) in [4.78, 5) is 4.66. The fourth-order valence-corrected chi connectivity index (χ4v) is 4.08. The van der Waals surface area contributed by atoms with Crippen LogP contribution in [0.25, 0.3) is 55.1 Å². The van der Waals surface area contributed by atoms with Crippen molar-refractivity contribution in [3.8, 4) is 22.4 Å². The van der Waals surface area contributed by atoms with E-state index in [4.69, 9.17) is 4.42 Å². The average Bonchev–Trinajstić information content (AvgIpc) is 3.17. The van der Waals surface area contributed by atoms with Crippen molar-refractivity contribution in [3.05, 3.63) is 103 Å². The molecular formula is C27H17NO. The molecule has 0 fully saturated rings. The molecule has 0 aliphatic rings. The molecule has 2 nitrogen and oxygen atoms in total.